The maximum atomic E-state index is 11.7. The molecular formula is C15H17NO2S. The van der Waals surface area contributed by atoms with Gasteiger partial charge in [0.1, 0.15) is 0 Å². The molecule has 1 aliphatic carbocycles. The molecule has 1 fully saturated rings. The second-order valence-electron chi connectivity index (χ2n) is 5.69. The highest BCUT2D eigenvalue weighted by atomic mass is 32.1. The molecule has 1 heterocycles. The van der Waals surface area contributed by atoms with Gasteiger partial charge in [0.05, 0.1) is 20.6 Å². The molecule has 1 aromatic heterocycles. The molecule has 0 radical (unpaired) electrons. The number of thiazole rings is 1. The van der Waals surface area contributed by atoms with E-state index >= 15 is 0 Å². The number of carboxylic acids is 1. The van der Waals surface area contributed by atoms with Crippen LogP contribution < -0.4 is 0 Å². The molecular weight excluding hydrogens is 258 g/mol. The summed E-state index contributed by atoms with van der Waals surface area (Å²) in [7, 11) is 0. The molecule has 19 heavy (non-hydrogen) atoms. The molecule has 0 spiro atoms. The van der Waals surface area contributed by atoms with Crippen LogP contribution in [-0.4, -0.2) is 16.1 Å². The summed E-state index contributed by atoms with van der Waals surface area (Å²) in [4.78, 5) is 16.2. The zero-order valence-corrected chi connectivity index (χ0v) is 11.7. The monoisotopic (exact) mass is 275 g/mol. The number of para-hydroxylation sites is 1. The zero-order chi connectivity index (χ0) is 13.5. The molecule has 2 atom stereocenters. The van der Waals surface area contributed by atoms with E-state index < -0.39 is 11.4 Å². The summed E-state index contributed by atoms with van der Waals surface area (Å²) < 4.78 is 1.14. The number of carboxylic acid groups (broad SMARTS) is 1. The Bertz CT molecular complexity index is 588. The highest BCUT2D eigenvalue weighted by Gasteiger charge is 2.44. The van der Waals surface area contributed by atoms with Gasteiger partial charge in [0.25, 0.3) is 0 Å². The fourth-order valence-corrected chi connectivity index (χ4v) is 4.22. The van der Waals surface area contributed by atoms with Crippen molar-refractivity contribution in [3.05, 3.63) is 29.3 Å². The smallest absolute Gasteiger partial charge is 0.310 e. The number of carbonyl (C=O) groups is 1. The number of aromatic nitrogens is 1. The first-order chi connectivity index (χ1) is 9.09. The number of rotatable bonds is 3. The van der Waals surface area contributed by atoms with Gasteiger partial charge in [0.15, 0.2) is 0 Å². The maximum Gasteiger partial charge on any atom is 0.310 e. The average Bonchev–Trinajstić information content (AvgIpc) is 2.93. The zero-order valence-electron chi connectivity index (χ0n) is 10.9. The standard InChI is InChI=1S/C15H17NO2S/c1-10-6-7-15(8-10,14(17)18)9-13-16-11-4-2-3-5-12(11)19-13/h2-5,10H,6-9H2,1H3,(H,17,18). The number of fused-ring (bicyclic) bond motifs is 1. The van der Waals surface area contributed by atoms with E-state index in [4.69, 9.17) is 0 Å². The van der Waals surface area contributed by atoms with Crippen LogP contribution in [0.25, 0.3) is 10.2 Å². The Balaban J connectivity index is 1.92. The predicted octanol–water partition coefficient (Wildman–Crippen LogP) is 3.73. The van der Waals surface area contributed by atoms with E-state index in [0.717, 1.165) is 34.5 Å². The number of nitrogens with zero attached hydrogens (tertiary/aromatic N) is 1. The molecule has 3 rings (SSSR count). The molecule has 100 valence electrons. The minimum absolute atomic E-state index is 0.505. The van der Waals surface area contributed by atoms with Crippen molar-refractivity contribution in [2.24, 2.45) is 11.3 Å². The van der Waals surface area contributed by atoms with Crippen LogP contribution in [0.4, 0.5) is 0 Å². The molecule has 3 nitrogen and oxygen atoms in total. The molecule has 1 aromatic carbocycles. The van der Waals surface area contributed by atoms with E-state index in [0.29, 0.717) is 12.3 Å². The van der Waals surface area contributed by atoms with Crippen molar-refractivity contribution in [2.75, 3.05) is 0 Å². The van der Waals surface area contributed by atoms with Crippen molar-refractivity contribution in [1.29, 1.82) is 0 Å². The molecule has 1 N–H and O–H groups in total. The van der Waals surface area contributed by atoms with Crippen LogP contribution in [-0.2, 0) is 11.2 Å². The average molecular weight is 275 g/mol. The summed E-state index contributed by atoms with van der Waals surface area (Å²) in [6.07, 6.45) is 3.14. The van der Waals surface area contributed by atoms with Crippen LogP contribution >= 0.6 is 11.3 Å². The van der Waals surface area contributed by atoms with Gasteiger partial charge in [-0.15, -0.1) is 11.3 Å². The van der Waals surface area contributed by atoms with Gasteiger partial charge in [-0.3, -0.25) is 4.79 Å². The van der Waals surface area contributed by atoms with Crippen molar-refractivity contribution < 1.29 is 9.90 Å². The number of aliphatic carboxylic acids is 1. The van der Waals surface area contributed by atoms with E-state index in [1.807, 2.05) is 24.3 Å². The third-order valence-corrected chi connectivity index (χ3v) is 5.17. The molecule has 1 saturated carbocycles. The van der Waals surface area contributed by atoms with Gasteiger partial charge >= 0.3 is 5.97 Å². The second kappa shape index (κ2) is 4.60. The Hall–Kier alpha value is -1.42. The van der Waals surface area contributed by atoms with Crippen LogP contribution in [0.3, 0.4) is 0 Å². The summed E-state index contributed by atoms with van der Waals surface area (Å²) in [6, 6.07) is 7.99. The van der Waals surface area contributed by atoms with Crippen molar-refractivity contribution in [3.8, 4) is 0 Å². The minimum Gasteiger partial charge on any atom is -0.481 e. The van der Waals surface area contributed by atoms with Crippen molar-refractivity contribution in [1.82, 2.24) is 4.98 Å². The lowest BCUT2D eigenvalue weighted by Gasteiger charge is -2.22. The SMILES string of the molecule is CC1CCC(Cc2nc3ccccc3s2)(C(=O)O)C1. The number of hydrogen-bond donors (Lipinski definition) is 1. The van der Waals surface area contributed by atoms with E-state index in [1.54, 1.807) is 11.3 Å². The first kappa shape index (κ1) is 12.6. The molecule has 0 saturated heterocycles. The minimum atomic E-state index is -0.656. The first-order valence-corrected chi connectivity index (χ1v) is 7.49. The third-order valence-electron chi connectivity index (χ3n) is 4.14. The number of hydrogen-bond acceptors (Lipinski definition) is 3. The highest BCUT2D eigenvalue weighted by Crippen LogP contribution is 2.45. The van der Waals surface area contributed by atoms with Gasteiger partial charge in [-0.05, 0) is 37.3 Å². The Kier molecular flexibility index (Phi) is 3.05. The lowest BCUT2D eigenvalue weighted by molar-refractivity contribution is -0.148. The Morgan fingerprint density at radius 1 is 1.53 bits per heavy atom. The molecule has 2 unspecified atom stereocenters. The molecule has 0 aliphatic heterocycles. The maximum absolute atomic E-state index is 11.7. The second-order valence-corrected chi connectivity index (χ2v) is 6.80. The third kappa shape index (κ3) is 2.25. The Morgan fingerprint density at radius 3 is 2.95 bits per heavy atom. The van der Waals surface area contributed by atoms with Gasteiger partial charge in [0, 0.05) is 6.42 Å². The first-order valence-electron chi connectivity index (χ1n) is 6.67. The van der Waals surface area contributed by atoms with Crippen LogP contribution in [0, 0.1) is 11.3 Å². The van der Waals surface area contributed by atoms with E-state index in [9.17, 15) is 9.90 Å². The molecule has 4 heteroatoms. The fourth-order valence-electron chi connectivity index (χ4n) is 3.11. The predicted molar refractivity (Wildman–Crippen MR) is 76.4 cm³/mol. The van der Waals surface area contributed by atoms with Crippen molar-refractivity contribution in [3.63, 3.8) is 0 Å². The van der Waals surface area contributed by atoms with E-state index in [2.05, 4.69) is 11.9 Å². The normalized spacial score (nSPS) is 26.9. The summed E-state index contributed by atoms with van der Waals surface area (Å²) in [5, 5.41) is 10.6. The summed E-state index contributed by atoms with van der Waals surface area (Å²) >= 11 is 1.63. The topological polar surface area (TPSA) is 50.2 Å². The highest BCUT2D eigenvalue weighted by molar-refractivity contribution is 7.18. The van der Waals surface area contributed by atoms with Gasteiger partial charge in [-0.25, -0.2) is 4.98 Å². The van der Waals surface area contributed by atoms with Crippen LogP contribution in [0.2, 0.25) is 0 Å². The molecule has 1 aliphatic rings. The molecule has 0 bridgehead atoms. The molecule has 2 aromatic rings. The van der Waals surface area contributed by atoms with Crippen LogP contribution in [0.5, 0.6) is 0 Å². The largest absolute Gasteiger partial charge is 0.481 e. The summed E-state index contributed by atoms with van der Waals surface area (Å²) in [6.45, 7) is 2.14. The van der Waals surface area contributed by atoms with Gasteiger partial charge in [-0.1, -0.05) is 19.1 Å². The summed E-state index contributed by atoms with van der Waals surface area (Å²) in [5.41, 5.74) is 0.391. The van der Waals surface area contributed by atoms with Crippen molar-refractivity contribution in [2.45, 2.75) is 32.6 Å². The van der Waals surface area contributed by atoms with Gasteiger partial charge in [-0.2, -0.15) is 0 Å². The van der Waals surface area contributed by atoms with Crippen molar-refractivity contribution >= 4 is 27.5 Å². The molecule has 0 amide bonds. The quantitative estimate of drug-likeness (QED) is 0.928. The van der Waals surface area contributed by atoms with Gasteiger partial charge < -0.3 is 5.11 Å². The Labute approximate surface area is 116 Å². The lowest BCUT2D eigenvalue weighted by Crippen LogP contribution is -2.30. The summed E-state index contributed by atoms with van der Waals surface area (Å²) in [5.74, 6) is -0.151. The Morgan fingerprint density at radius 2 is 2.32 bits per heavy atom. The van der Waals surface area contributed by atoms with Gasteiger partial charge in [0.2, 0.25) is 0 Å². The van der Waals surface area contributed by atoms with E-state index in [-0.39, 0.29) is 0 Å². The fraction of sp³-hybridized carbons (Fsp3) is 0.467. The van der Waals surface area contributed by atoms with Crippen LogP contribution in [0.1, 0.15) is 31.2 Å². The lowest BCUT2D eigenvalue weighted by atomic mass is 9.82. The van der Waals surface area contributed by atoms with E-state index in [1.165, 1.54) is 0 Å². The van der Waals surface area contributed by atoms with Crippen LogP contribution in [0.15, 0.2) is 24.3 Å². The number of benzene rings is 1.